The molecule has 0 saturated carbocycles. The predicted molar refractivity (Wildman–Crippen MR) is 95.1 cm³/mol. The highest BCUT2D eigenvalue weighted by Crippen LogP contribution is 2.41. The summed E-state index contributed by atoms with van der Waals surface area (Å²) >= 11 is 5.74. The van der Waals surface area contributed by atoms with Gasteiger partial charge in [0.15, 0.2) is 0 Å². The number of methoxy groups -OCH3 is 1. The topological polar surface area (TPSA) is 9.23 Å². The molecular weight excluding hydrogens is 344 g/mol. The van der Waals surface area contributed by atoms with Crippen molar-refractivity contribution in [2.24, 2.45) is 0 Å². The molecule has 3 heteroatoms. The number of hydrogen-bond donors (Lipinski definition) is 0. The lowest BCUT2D eigenvalue weighted by Gasteiger charge is -2.14. The molecule has 1 heterocycles. The van der Waals surface area contributed by atoms with E-state index < -0.39 is 0 Å². The van der Waals surface area contributed by atoms with Crippen LogP contribution in [0.2, 0.25) is 0 Å². The Balaban J connectivity index is 2.16. The van der Waals surface area contributed by atoms with Crippen molar-refractivity contribution < 1.29 is 4.74 Å². The number of benzene rings is 2. The van der Waals surface area contributed by atoms with Gasteiger partial charge in [-0.2, -0.15) is 0 Å². The quantitative estimate of drug-likeness (QED) is 0.519. The fourth-order valence-corrected chi connectivity index (χ4v) is 4.43. The van der Waals surface area contributed by atoms with E-state index in [1.165, 1.54) is 26.3 Å². The van der Waals surface area contributed by atoms with E-state index in [4.69, 9.17) is 4.74 Å². The largest absolute Gasteiger partial charge is 0.496 e. The van der Waals surface area contributed by atoms with Crippen molar-refractivity contribution >= 4 is 38.0 Å². The molecular formula is C18H17BrOS. The molecule has 2 aromatic carbocycles. The molecule has 21 heavy (non-hydrogen) atoms. The Labute approximate surface area is 137 Å². The van der Waals surface area contributed by atoms with Gasteiger partial charge in [-0.15, -0.1) is 11.3 Å². The van der Waals surface area contributed by atoms with Crippen molar-refractivity contribution in [3.05, 3.63) is 63.3 Å². The monoisotopic (exact) mass is 360 g/mol. The van der Waals surface area contributed by atoms with Crippen LogP contribution in [0.3, 0.4) is 0 Å². The van der Waals surface area contributed by atoms with Crippen LogP contribution >= 0.6 is 27.3 Å². The van der Waals surface area contributed by atoms with Gasteiger partial charge in [0.25, 0.3) is 0 Å². The maximum absolute atomic E-state index is 5.48. The Hall–Kier alpha value is -1.32. The van der Waals surface area contributed by atoms with Crippen LogP contribution in [0.1, 0.15) is 25.7 Å². The second kappa shape index (κ2) is 5.82. The summed E-state index contributed by atoms with van der Waals surface area (Å²) in [5.74, 6) is 0.924. The van der Waals surface area contributed by atoms with Crippen molar-refractivity contribution in [1.82, 2.24) is 0 Å². The van der Waals surface area contributed by atoms with Crippen molar-refractivity contribution in [3.63, 3.8) is 0 Å². The lowest BCUT2D eigenvalue weighted by molar-refractivity contribution is 0.419. The molecule has 0 spiro atoms. The molecule has 0 fully saturated rings. The molecule has 0 aliphatic carbocycles. The highest BCUT2D eigenvalue weighted by Gasteiger charge is 2.17. The molecule has 3 aromatic rings. The van der Waals surface area contributed by atoms with E-state index in [0.717, 1.165) is 11.1 Å². The fraction of sp³-hybridized carbons (Fsp3) is 0.222. The molecule has 3 rings (SSSR count). The number of alkyl halides is 1. The minimum Gasteiger partial charge on any atom is -0.496 e. The number of hydrogen-bond acceptors (Lipinski definition) is 2. The van der Waals surface area contributed by atoms with E-state index in [9.17, 15) is 0 Å². The van der Waals surface area contributed by atoms with E-state index in [-0.39, 0.29) is 4.83 Å². The standard InChI is InChI=1S/C18H17BrOS/c1-11-10-17(21-12(11)2)18(19)15-8-9-16(20-3)14-7-5-4-6-13(14)15/h4-10,18H,1-3H3. The third-order valence-corrected chi connectivity index (χ3v) is 6.35. The molecule has 1 unspecified atom stereocenters. The number of halogens is 1. The molecule has 108 valence electrons. The van der Waals surface area contributed by atoms with Crippen LogP contribution in [0.5, 0.6) is 5.75 Å². The first-order chi connectivity index (χ1) is 10.1. The van der Waals surface area contributed by atoms with Crippen molar-refractivity contribution in [3.8, 4) is 5.75 Å². The molecule has 1 aromatic heterocycles. The molecule has 1 atom stereocenters. The van der Waals surface area contributed by atoms with Gasteiger partial charge in [0.05, 0.1) is 11.9 Å². The van der Waals surface area contributed by atoms with E-state index in [2.05, 4.69) is 72.2 Å². The number of ether oxygens (including phenoxy) is 1. The predicted octanol–water partition coefficient (Wildman–Crippen LogP) is 6.01. The highest BCUT2D eigenvalue weighted by molar-refractivity contribution is 9.09. The van der Waals surface area contributed by atoms with Crippen LogP contribution in [0.4, 0.5) is 0 Å². The molecule has 0 bridgehead atoms. The molecule has 1 nitrogen and oxygen atoms in total. The summed E-state index contributed by atoms with van der Waals surface area (Å²) in [6, 6.07) is 14.9. The molecule has 0 aliphatic heterocycles. The minimum absolute atomic E-state index is 0.214. The van der Waals surface area contributed by atoms with Gasteiger partial charge in [-0.25, -0.2) is 0 Å². The number of thiophene rings is 1. The second-order valence-corrected chi connectivity index (χ2v) is 7.36. The summed E-state index contributed by atoms with van der Waals surface area (Å²) < 4.78 is 5.48. The van der Waals surface area contributed by atoms with Gasteiger partial charge in [0, 0.05) is 15.1 Å². The average molecular weight is 361 g/mol. The SMILES string of the molecule is COc1ccc(C(Br)c2cc(C)c(C)s2)c2ccccc12. The first kappa shape index (κ1) is 14.6. The number of rotatable bonds is 3. The van der Waals surface area contributed by atoms with Crippen molar-refractivity contribution in [2.45, 2.75) is 18.7 Å². The van der Waals surface area contributed by atoms with Gasteiger partial charge in [-0.05, 0) is 42.5 Å². The first-order valence-electron chi connectivity index (χ1n) is 6.88. The van der Waals surface area contributed by atoms with Crippen molar-refractivity contribution in [1.29, 1.82) is 0 Å². The maximum Gasteiger partial charge on any atom is 0.126 e. The Kier molecular flexibility index (Phi) is 4.05. The zero-order valence-corrected chi connectivity index (χ0v) is 14.7. The third kappa shape index (κ3) is 2.60. The van der Waals surface area contributed by atoms with Gasteiger partial charge in [-0.1, -0.05) is 46.3 Å². The average Bonchev–Trinajstić information content (AvgIpc) is 2.85. The summed E-state index contributed by atoms with van der Waals surface area (Å²) in [6.45, 7) is 4.34. The van der Waals surface area contributed by atoms with Crippen LogP contribution < -0.4 is 4.74 Å². The van der Waals surface area contributed by atoms with Crippen LogP contribution in [0.15, 0.2) is 42.5 Å². The first-order valence-corrected chi connectivity index (χ1v) is 8.61. The highest BCUT2D eigenvalue weighted by atomic mass is 79.9. The van der Waals surface area contributed by atoms with Crippen LogP contribution in [0, 0.1) is 13.8 Å². The molecule has 0 radical (unpaired) electrons. The maximum atomic E-state index is 5.48. The Morgan fingerprint density at radius 1 is 1.05 bits per heavy atom. The number of fused-ring (bicyclic) bond motifs is 1. The molecule has 0 saturated heterocycles. The summed E-state index contributed by atoms with van der Waals surface area (Å²) in [5.41, 5.74) is 2.64. The van der Waals surface area contributed by atoms with E-state index in [1.807, 2.05) is 11.3 Å². The van der Waals surface area contributed by atoms with Crippen LogP contribution in [0.25, 0.3) is 10.8 Å². The Morgan fingerprint density at radius 2 is 1.76 bits per heavy atom. The number of aryl methyl sites for hydroxylation is 2. The summed E-state index contributed by atoms with van der Waals surface area (Å²) in [7, 11) is 1.72. The zero-order valence-electron chi connectivity index (χ0n) is 12.3. The van der Waals surface area contributed by atoms with E-state index in [1.54, 1.807) is 7.11 Å². The molecule has 0 amide bonds. The molecule has 0 N–H and O–H groups in total. The molecule has 0 aliphatic rings. The third-order valence-electron chi connectivity index (χ3n) is 3.85. The summed E-state index contributed by atoms with van der Waals surface area (Å²) in [5, 5.41) is 2.40. The smallest absolute Gasteiger partial charge is 0.126 e. The lowest BCUT2D eigenvalue weighted by Crippen LogP contribution is -1.93. The van der Waals surface area contributed by atoms with Gasteiger partial charge in [0.1, 0.15) is 5.75 Å². The lowest BCUT2D eigenvalue weighted by atomic mass is 10.0. The van der Waals surface area contributed by atoms with E-state index in [0.29, 0.717) is 0 Å². The van der Waals surface area contributed by atoms with Gasteiger partial charge in [0.2, 0.25) is 0 Å². The normalized spacial score (nSPS) is 12.6. The van der Waals surface area contributed by atoms with Crippen LogP contribution in [-0.4, -0.2) is 7.11 Å². The van der Waals surface area contributed by atoms with Gasteiger partial charge >= 0.3 is 0 Å². The van der Waals surface area contributed by atoms with E-state index >= 15 is 0 Å². The fourth-order valence-electron chi connectivity index (χ4n) is 2.57. The van der Waals surface area contributed by atoms with Crippen molar-refractivity contribution in [2.75, 3.05) is 7.11 Å². The van der Waals surface area contributed by atoms with Gasteiger partial charge < -0.3 is 4.74 Å². The minimum atomic E-state index is 0.214. The Morgan fingerprint density at radius 3 is 2.38 bits per heavy atom. The zero-order chi connectivity index (χ0) is 15.0. The summed E-state index contributed by atoms with van der Waals surface area (Å²) in [6.07, 6.45) is 0. The summed E-state index contributed by atoms with van der Waals surface area (Å²) in [4.78, 5) is 2.94. The van der Waals surface area contributed by atoms with Gasteiger partial charge in [-0.3, -0.25) is 0 Å². The van der Waals surface area contributed by atoms with Crippen LogP contribution in [-0.2, 0) is 0 Å². The second-order valence-electron chi connectivity index (χ2n) is 5.15. The Bertz CT molecular complexity index is 772.